The lowest BCUT2D eigenvalue weighted by atomic mass is 10.1. The van der Waals surface area contributed by atoms with Crippen LogP contribution in [0.1, 0.15) is 23.0 Å². The van der Waals surface area contributed by atoms with Gasteiger partial charge in [-0.2, -0.15) is 0 Å². The van der Waals surface area contributed by atoms with Gasteiger partial charge in [-0.15, -0.1) is 10.2 Å². The van der Waals surface area contributed by atoms with Crippen LogP contribution < -0.4 is 0 Å². The molecule has 0 bridgehead atoms. The lowest BCUT2D eigenvalue weighted by Crippen LogP contribution is -2.15. The molecule has 3 heterocycles. The zero-order valence-electron chi connectivity index (χ0n) is 15.5. The van der Waals surface area contributed by atoms with Gasteiger partial charge >= 0.3 is 0 Å². The number of furan rings is 1. The molecule has 146 valence electrons. The largest absolute Gasteiger partial charge is 0.467 e. The summed E-state index contributed by atoms with van der Waals surface area (Å²) in [5.41, 5.74) is 1.27. The quantitative estimate of drug-likeness (QED) is 0.331. The first-order valence-electron chi connectivity index (χ1n) is 8.94. The number of nitrogens with zero attached hydrogens (tertiary/aromatic N) is 4. The fraction of sp³-hybridized carbons (Fsp3) is 0.143. The summed E-state index contributed by atoms with van der Waals surface area (Å²) < 4.78 is 20.5. The summed E-state index contributed by atoms with van der Waals surface area (Å²) >= 11 is 1.30. The third kappa shape index (κ3) is 4.27. The highest BCUT2D eigenvalue weighted by Gasteiger charge is 2.22. The second kappa shape index (κ2) is 8.40. The monoisotopic (exact) mass is 408 g/mol. The molecule has 29 heavy (non-hydrogen) atoms. The highest BCUT2D eigenvalue weighted by molar-refractivity contribution is 8.00. The average Bonchev–Trinajstić information content (AvgIpc) is 3.39. The van der Waals surface area contributed by atoms with Gasteiger partial charge in [-0.1, -0.05) is 11.8 Å². The number of carbonyl (C=O) groups is 1. The topological polar surface area (TPSA) is 73.8 Å². The van der Waals surface area contributed by atoms with E-state index in [1.54, 1.807) is 25.6 Å². The van der Waals surface area contributed by atoms with E-state index in [0.29, 0.717) is 23.1 Å². The second-order valence-corrected chi connectivity index (χ2v) is 7.65. The molecule has 0 N–H and O–H groups in total. The Hall–Kier alpha value is -3.26. The molecule has 4 rings (SSSR count). The summed E-state index contributed by atoms with van der Waals surface area (Å²) in [6.07, 6.45) is 5.01. The van der Waals surface area contributed by atoms with E-state index in [1.807, 2.05) is 28.8 Å². The van der Waals surface area contributed by atoms with Crippen LogP contribution in [-0.2, 0) is 6.54 Å². The number of ketones is 1. The molecule has 1 atom stereocenters. The van der Waals surface area contributed by atoms with Gasteiger partial charge in [0.25, 0.3) is 0 Å². The first-order valence-corrected chi connectivity index (χ1v) is 9.82. The molecule has 0 radical (unpaired) electrons. The van der Waals surface area contributed by atoms with Gasteiger partial charge in [-0.25, -0.2) is 4.39 Å². The van der Waals surface area contributed by atoms with Gasteiger partial charge < -0.3 is 4.42 Å². The minimum atomic E-state index is -0.429. The molecule has 1 unspecified atom stereocenters. The Labute approximate surface area is 170 Å². The van der Waals surface area contributed by atoms with E-state index in [0.717, 1.165) is 11.3 Å². The maximum Gasteiger partial charge on any atom is 0.192 e. The number of rotatable bonds is 7. The molecule has 1 aromatic carbocycles. The Kier molecular flexibility index (Phi) is 5.53. The fourth-order valence-electron chi connectivity index (χ4n) is 2.85. The van der Waals surface area contributed by atoms with Crippen LogP contribution in [0.4, 0.5) is 4.39 Å². The van der Waals surface area contributed by atoms with Crippen molar-refractivity contribution in [3.05, 3.63) is 84.3 Å². The van der Waals surface area contributed by atoms with Crippen molar-refractivity contribution in [2.45, 2.75) is 23.9 Å². The summed E-state index contributed by atoms with van der Waals surface area (Å²) in [5.74, 6) is 0.902. The first kappa shape index (κ1) is 19.1. The van der Waals surface area contributed by atoms with Gasteiger partial charge in [0.2, 0.25) is 0 Å². The number of pyridine rings is 1. The van der Waals surface area contributed by atoms with Gasteiger partial charge in [-0.3, -0.25) is 14.3 Å². The predicted molar refractivity (Wildman–Crippen MR) is 107 cm³/mol. The molecule has 0 aliphatic carbocycles. The predicted octanol–water partition coefficient (Wildman–Crippen LogP) is 4.48. The van der Waals surface area contributed by atoms with Gasteiger partial charge in [0.1, 0.15) is 11.6 Å². The van der Waals surface area contributed by atoms with E-state index >= 15 is 0 Å². The maximum absolute atomic E-state index is 13.1. The first-order chi connectivity index (χ1) is 14.1. The average molecular weight is 408 g/mol. The van der Waals surface area contributed by atoms with Crippen LogP contribution in [0.2, 0.25) is 0 Å². The number of thioether (sulfide) groups is 1. The van der Waals surface area contributed by atoms with E-state index in [4.69, 9.17) is 4.42 Å². The SMILES string of the molecule is CC(Sc1nnc(-c2cccnc2)n1Cc1ccco1)C(=O)c1ccc(F)cc1. The van der Waals surface area contributed by atoms with Crippen molar-refractivity contribution in [1.29, 1.82) is 0 Å². The lowest BCUT2D eigenvalue weighted by molar-refractivity contribution is 0.0994. The standard InChI is InChI=1S/C21H17FN4O2S/c1-14(19(27)15-6-8-17(22)9-7-15)29-21-25-24-20(16-4-2-10-23-12-16)26(21)13-18-5-3-11-28-18/h2-12,14H,13H2,1H3. The summed E-state index contributed by atoms with van der Waals surface area (Å²) in [6, 6.07) is 13.0. The molecular weight excluding hydrogens is 391 g/mol. The van der Waals surface area contributed by atoms with E-state index < -0.39 is 5.25 Å². The molecule has 0 amide bonds. The van der Waals surface area contributed by atoms with Crippen LogP contribution in [0.5, 0.6) is 0 Å². The van der Waals surface area contributed by atoms with Crippen LogP contribution in [-0.4, -0.2) is 30.8 Å². The van der Waals surface area contributed by atoms with Crippen LogP contribution in [0.15, 0.2) is 76.8 Å². The molecule has 6 nitrogen and oxygen atoms in total. The zero-order chi connectivity index (χ0) is 20.2. The van der Waals surface area contributed by atoms with Crippen molar-refractivity contribution in [1.82, 2.24) is 19.7 Å². The highest BCUT2D eigenvalue weighted by Crippen LogP contribution is 2.29. The van der Waals surface area contributed by atoms with Crippen molar-refractivity contribution in [2.24, 2.45) is 0 Å². The molecule has 0 spiro atoms. The number of Topliss-reactive ketones (excluding diaryl/α,β-unsaturated/α-hetero) is 1. The smallest absolute Gasteiger partial charge is 0.192 e. The number of hydrogen-bond acceptors (Lipinski definition) is 6. The fourth-order valence-corrected chi connectivity index (χ4v) is 3.77. The van der Waals surface area contributed by atoms with Crippen molar-refractivity contribution in [2.75, 3.05) is 0 Å². The molecular formula is C21H17FN4O2S. The Bertz CT molecular complexity index is 1100. The number of benzene rings is 1. The van der Waals surface area contributed by atoms with E-state index in [9.17, 15) is 9.18 Å². The third-order valence-electron chi connectivity index (χ3n) is 4.31. The molecule has 0 saturated carbocycles. The number of aromatic nitrogens is 4. The summed E-state index contributed by atoms with van der Waals surface area (Å²) in [4.78, 5) is 16.9. The third-order valence-corrected chi connectivity index (χ3v) is 5.39. The molecule has 0 aliphatic heterocycles. The zero-order valence-corrected chi connectivity index (χ0v) is 16.3. The van der Waals surface area contributed by atoms with Crippen LogP contribution >= 0.6 is 11.8 Å². The molecule has 3 aromatic heterocycles. The maximum atomic E-state index is 13.1. The summed E-state index contributed by atoms with van der Waals surface area (Å²) in [5, 5.41) is 8.77. The molecule has 8 heteroatoms. The Morgan fingerprint density at radius 3 is 2.69 bits per heavy atom. The molecule has 0 fully saturated rings. The Morgan fingerprint density at radius 1 is 1.17 bits per heavy atom. The minimum Gasteiger partial charge on any atom is -0.467 e. The Balaban J connectivity index is 1.63. The van der Waals surface area contributed by atoms with Crippen molar-refractivity contribution >= 4 is 17.5 Å². The van der Waals surface area contributed by atoms with Crippen LogP contribution in [0.3, 0.4) is 0 Å². The molecule has 0 saturated heterocycles. The van der Waals surface area contributed by atoms with Gasteiger partial charge in [0.15, 0.2) is 16.8 Å². The molecule has 4 aromatic rings. The minimum absolute atomic E-state index is 0.106. The van der Waals surface area contributed by atoms with Crippen molar-refractivity contribution in [3.63, 3.8) is 0 Å². The lowest BCUT2D eigenvalue weighted by Gasteiger charge is -2.12. The van der Waals surface area contributed by atoms with Gasteiger partial charge in [0, 0.05) is 23.5 Å². The molecule has 0 aliphatic rings. The van der Waals surface area contributed by atoms with Gasteiger partial charge in [-0.05, 0) is 55.5 Å². The van der Waals surface area contributed by atoms with Crippen molar-refractivity contribution in [3.8, 4) is 11.4 Å². The second-order valence-electron chi connectivity index (χ2n) is 6.34. The normalized spacial score (nSPS) is 12.1. The van der Waals surface area contributed by atoms with Crippen LogP contribution in [0, 0.1) is 5.82 Å². The Morgan fingerprint density at radius 2 is 2.00 bits per heavy atom. The van der Waals surface area contributed by atoms with E-state index in [-0.39, 0.29) is 11.6 Å². The van der Waals surface area contributed by atoms with E-state index in [1.165, 1.54) is 36.0 Å². The summed E-state index contributed by atoms with van der Waals surface area (Å²) in [7, 11) is 0. The van der Waals surface area contributed by atoms with E-state index in [2.05, 4.69) is 15.2 Å². The van der Waals surface area contributed by atoms with Crippen LogP contribution in [0.25, 0.3) is 11.4 Å². The van der Waals surface area contributed by atoms with Crippen molar-refractivity contribution < 1.29 is 13.6 Å². The van der Waals surface area contributed by atoms with Gasteiger partial charge in [0.05, 0.1) is 18.1 Å². The number of hydrogen-bond donors (Lipinski definition) is 0. The number of carbonyl (C=O) groups excluding carboxylic acids is 1. The highest BCUT2D eigenvalue weighted by atomic mass is 32.2. The number of halogens is 1. The summed E-state index contributed by atoms with van der Waals surface area (Å²) in [6.45, 7) is 2.22.